The standard InChI is InChI=1S/C15H19NO4/c1-3-16(9-10-20-2)15(19)13-6-4-5-12(11-13)7-8-14(17)18/h4-8,11H,3,9-10H2,1-2H3,(H,17,18). The molecule has 0 radical (unpaired) electrons. The summed E-state index contributed by atoms with van der Waals surface area (Å²) in [6.07, 6.45) is 2.51. The Bertz CT molecular complexity index is 496. The second kappa shape index (κ2) is 8.12. The Morgan fingerprint density at radius 2 is 2.15 bits per heavy atom. The van der Waals surface area contributed by atoms with Crippen LogP contribution in [0.25, 0.3) is 6.08 Å². The van der Waals surface area contributed by atoms with Crippen LogP contribution in [0.1, 0.15) is 22.8 Å². The van der Waals surface area contributed by atoms with Crippen molar-refractivity contribution in [2.24, 2.45) is 0 Å². The van der Waals surface area contributed by atoms with E-state index in [2.05, 4.69) is 0 Å². The highest BCUT2D eigenvalue weighted by molar-refractivity contribution is 5.95. The van der Waals surface area contributed by atoms with Crippen molar-refractivity contribution < 1.29 is 19.4 Å². The highest BCUT2D eigenvalue weighted by atomic mass is 16.5. The molecule has 1 amide bonds. The molecule has 1 N–H and O–H groups in total. The van der Waals surface area contributed by atoms with Gasteiger partial charge >= 0.3 is 5.97 Å². The minimum Gasteiger partial charge on any atom is -0.478 e. The molecule has 1 aromatic carbocycles. The van der Waals surface area contributed by atoms with Gasteiger partial charge in [0.05, 0.1) is 6.61 Å². The molecule has 20 heavy (non-hydrogen) atoms. The SMILES string of the molecule is CCN(CCOC)C(=O)c1cccc(C=CC(=O)O)c1. The lowest BCUT2D eigenvalue weighted by Gasteiger charge is -2.20. The van der Waals surface area contributed by atoms with Crippen molar-refractivity contribution in [2.45, 2.75) is 6.92 Å². The molecule has 0 aliphatic heterocycles. The van der Waals surface area contributed by atoms with E-state index in [4.69, 9.17) is 9.84 Å². The number of hydrogen-bond acceptors (Lipinski definition) is 3. The number of amides is 1. The van der Waals surface area contributed by atoms with Crippen LogP contribution in [-0.4, -0.2) is 48.7 Å². The number of hydrogen-bond donors (Lipinski definition) is 1. The number of carbonyl (C=O) groups is 2. The topological polar surface area (TPSA) is 66.8 Å². The van der Waals surface area contributed by atoms with Crippen LogP contribution in [0.3, 0.4) is 0 Å². The normalized spacial score (nSPS) is 10.7. The Labute approximate surface area is 118 Å². The van der Waals surface area contributed by atoms with Gasteiger partial charge < -0.3 is 14.7 Å². The van der Waals surface area contributed by atoms with E-state index in [0.717, 1.165) is 6.08 Å². The van der Waals surface area contributed by atoms with Crippen LogP contribution < -0.4 is 0 Å². The Morgan fingerprint density at radius 3 is 2.75 bits per heavy atom. The summed E-state index contributed by atoms with van der Waals surface area (Å²) >= 11 is 0. The minimum atomic E-state index is -1.02. The molecule has 0 saturated carbocycles. The molecule has 5 nitrogen and oxygen atoms in total. The van der Waals surface area contributed by atoms with Crippen LogP contribution in [0, 0.1) is 0 Å². The van der Waals surface area contributed by atoms with E-state index in [0.29, 0.717) is 30.8 Å². The van der Waals surface area contributed by atoms with Gasteiger partial charge in [-0.3, -0.25) is 4.79 Å². The molecule has 0 bridgehead atoms. The van der Waals surface area contributed by atoms with Crippen LogP contribution in [0.5, 0.6) is 0 Å². The number of carboxylic acids is 1. The lowest BCUT2D eigenvalue weighted by Crippen LogP contribution is -2.33. The molecule has 108 valence electrons. The monoisotopic (exact) mass is 277 g/mol. The number of nitrogens with zero attached hydrogens (tertiary/aromatic N) is 1. The van der Waals surface area contributed by atoms with E-state index in [1.165, 1.54) is 6.08 Å². The van der Waals surface area contributed by atoms with Gasteiger partial charge in [-0.1, -0.05) is 12.1 Å². The maximum absolute atomic E-state index is 12.3. The van der Waals surface area contributed by atoms with Crippen LogP contribution >= 0.6 is 0 Å². The molecular weight excluding hydrogens is 258 g/mol. The molecular formula is C15H19NO4. The number of rotatable bonds is 7. The van der Waals surface area contributed by atoms with E-state index < -0.39 is 5.97 Å². The summed E-state index contributed by atoms with van der Waals surface area (Å²) in [5.74, 6) is -1.10. The van der Waals surface area contributed by atoms with Crippen molar-refractivity contribution in [1.82, 2.24) is 4.90 Å². The van der Waals surface area contributed by atoms with Crippen molar-refractivity contribution in [3.05, 3.63) is 41.5 Å². The van der Waals surface area contributed by atoms with Crippen molar-refractivity contribution in [2.75, 3.05) is 26.8 Å². The molecule has 0 aromatic heterocycles. The number of aliphatic carboxylic acids is 1. The molecule has 1 aromatic rings. The lowest BCUT2D eigenvalue weighted by molar-refractivity contribution is -0.131. The first-order valence-electron chi connectivity index (χ1n) is 6.37. The number of benzene rings is 1. The molecule has 0 fully saturated rings. The molecule has 0 saturated heterocycles. The second-order valence-corrected chi connectivity index (χ2v) is 4.17. The Morgan fingerprint density at radius 1 is 1.40 bits per heavy atom. The van der Waals surface area contributed by atoms with Gasteiger partial charge in [-0.2, -0.15) is 0 Å². The smallest absolute Gasteiger partial charge is 0.328 e. The Balaban J connectivity index is 2.86. The van der Waals surface area contributed by atoms with E-state index in [9.17, 15) is 9.59 Å². The molecule has 0 aliphatic rings. The predicted octanol–water partition coefficient (Wildman–Crippen LogP) is 1.89. The van der Waals surface area contributed by atoms with E-state index in [1.807, 2.05) is 6.92 Å². The van der Waals surface area contributed by atoms with Crippen LogP contribution in [0.4, 0.5) is 0 Å². The van der Waals surface area contributed by atoms with Crippen molar-refractivity contribution in [3.63, 3.8) is 0 Å². The average molecular weight is 277 g/mol. The zero-order chi connectivity index (χ0) is 15.0. The average Bonchev–Trinajstić information content (AvgIpc) is 2.46. The third-order valence-corrected chi connectivity index (χ3v) is 2.79. The second-order valence-electron chi connectivity index (χ2n) is 4.17. The van der Waals surface area contributed by atoms with Crippen molar-refractivity contribution in [1.29, 1.82) is 0 Å². The summed E-state index contributed by atoms with van der Waals surface area (Å²) in [4.78, 5) is 24.5. The van der Waals surface area contributed by atoms with E-state index in [1.54, 1.807) is 36.3 Å². The Kier molecular flexibility index (Phi) is 6.46. The minimum absolute atomic E-state index is 0.0878. The quantitative estimate of drug-likeness (QED) is 0.773. The third-order valence-electron chi connectivity index (χ3n) is 2.79. The molecule has 0 atom stereocenters. The van der Waals surface area contributed by atoms with Gasteiger partial charge in [0, 0.05) is 31.8 Å². The Hall–Kier alpha value is -2.14. The van der Waals surface area contributed by atoms with Crippen LogP contribution in [0.2, 0.25) is 0 Å². The molecule has 0 spiro atoms. The largest absolute Gasteiger partial charge is 0.478 e. The molecule has 5 heteroatoms. The first kappa shape index (κ1) is 15.9. The zero-order valence-corrected chi connectivity index (χ0v) is 11.7. The van der Waals surface area contributed by atoms with Gasteiger partial charge in [0.15, 0.2) is 0 Å². The maximum Gasteiger partial charge on any atom is 0.328 e. The number of carboxylic acid groups (broad SMARTS) is 1. The van der Waals surface area contributed by atoms with E-state index >= 15 is 0 Å². The highest BCUT2D eigenvalue weighted by Crippen LogP contribution is 2.10. The van der Waals surface area contributed by atoms with Crippen molar-refractivity contribution >= 4 is 18.0 Å². The number of ether oxygens (including phenoxy) is 1. The van der Waals surface area contributed by atoms with Gasteiger partial charge in [0.2, 0.25) is 0 Å². The first-order chi connectivity index (χ1) is 9.58. The molecule has 0 heterocycles. The first-order valence-corrected chi connectivity index (χ1v) is 6.37. The van der Waals surface area contributed by atoms with Gasteiger partial charge in [-0.25, -0.2) is 4.79 Å². The molecule has 0 aliphatic carbocycles. The van der Waals surface area contributed by atoms with Crippen LogP contribution in [-0.2, 0) is 9.53 Å². The predicted molar refractivity (Wildman–Crippen MR) is 76.6 cm³/mol. The fourth-order valence-electron chi connectivity index (χ4n) is 1.73. The van der Waals surface area contributed by atoms with Gasteiger partial charge in [0.1, 0.15) is 0 Å². The zero-order valence-electron chi connectivity index (χ0n) is 11.7. The summed E-state index contributed by atoms with van der Waals surface area (Å²) < 4.78 is 4.98. The third kappa shape index (κ3) is 4.85. The fourth-order valence-corrected chi connectivity index (χ4v) is 1.73. The number of carbonyl (C=O) groups excluding carboxylic acids is 1. The number of likely N-dealkylation sites (N-methyl/N-ethyl adjacent to an activating group) is 1. The maximum atomic E-state index is 12.3. The summed E-state index contributed by atoms with van der Waals surface area (Å²) in [6, 6.07) is 6.88. The fraction of sp³-hybridized carbons (Fsp3) is 0.333. The number of methoxy groups -OCH3 is 1. The molecule has 0 unspecified atom stereocenters. The summed E-state index contributed by atoms with van der Waals surface area (Å²) in [7, 11) is 1.59. The van der Waals surface area contributed by atoms with Crippen LogP contribution in [0.15, 0.2) is 30.3 Å². The summed E-state index contributed by atoms with van der Waals surface area (Å²) in [5.41, 5.74) is 1.22. The lowest BCUT2D eigenvalue weighted by atomic mass is 10.1. The van der Waals surface area contributed by atoms with E-state index in [-0.39, 0.29) is 5.91 Å². The summed E-state index contributed by atoms with van der Waals surface area (Å²) in [5, 5.41) is 8.60. The van der Waals surface area contributed by atoms with Gasteiger partial charge in [-0.15, -0.1) is 0 Å². The highest BCUT2D eigenvalue weighted by Gasteiger charge is 2.13. The molecule has 1 rings (SSSR count). The van der Waals surface area contributed by atoms with Gasteiger partial charge in [-0.05, 0) is 30.7 Å². The summed E-state index contributed by atoms with van der Waals surface area (Å²) in [6.45, 7) is 3.51. The van der Waals surface area contributed by atoms with Crippen molar-refractivity contribution in [3.8, 4) is 0 Å². The van der Waals surface area contributed by atoms with Gasteiger partial charge in [0.25, 0.3) is 5.91 Å².